The molecule has 0 amide bonds. The van der Waals surface area contributed by atoms with Gasteiger partial charge in [0, 0.05) is 0 Å². The van der Waals surface area contributed by atoms with Crippen molar-refractivity contribution < 1.29 is 45.7 Å². The van der Waals surface area contributed by atoms with Crippen LogP contribution in [0.1, 0.15) is 79.1 Å². The van der Waals surface area contributed by atoms with E-state index in [1.165, 1.54) is 0 Å². The Balaban J connectivity index is -0.00000200. The molecule has 0 aromatic carbocycles. The van der Waals surface area contributed by atoms with Crippen LogP contribution in [-0.2, 0) is 40.8 Å². The summed E-state index contributed by atoms with van der Waals surface area (Å²) in [7, 11) is -4.14. The van der Waals surface area contributed by atoms with Gasteiger partial charge in [0.15, 0.2) is 0 Å². The molecule has 0 saturated carbocycles. The Morgan fingerprint density at radius 2 is 1.22 bits per heavy atom. The number of hydrogen-bond donors (Lipinski definition) is 0. The van der Waals surface area contributed by atoms with Gasteiger partial charge in [-0.15, -0.1) is 0 Å². The van der Waals surface area contributed by atoms with Gasteiger partial charge >= 0.3 is 21.7 Å². The number of phosphoric ester groups is 1. The Kier molecular flexibility index (Phi) is 21.9. The average Bonchev–Trinajstić information content (AvgIpc) is 2.47. The number of phosphoric acid groups is 1. The number of rotatable bonds is 14. The first-order chi connectivity index (χ1) is 9.99. The van der Waals surface area contributed by atoms with Crippen LogP contribution in [0.4, 0.5) is 0 Å². The van der Waals surface area contributed by atoms with Crippen LogP contribution in [0.5, 0.6) is 0 Å². The summed E-state index contributed by atoms with van der Waals surface area (Å²) in [5, 5.41) is 0. The van der Waals surface area contributed by atoms with Gasteiger partial charge < -0.3 is 19.4 Å². The minimum absolute atomic E-state index is 0. The molecule has 23 heavy (non-hydrogen) atoms. The van der Waals surface area contributed by atoms with Crippen LogP contribution in [0.15, 0.2) is 0 Å². The van der Waals surface area contributed by atoms with Crippen molar-refractivity contribution in [3.8, 4) is 0 Å². The molecule has 0 bridgehead atoms. The van der Waals surface area contributed by atoms with Crippen molar-refractivity contribution in [2.24, 2.45) is 11.8 Å². The minimum atomic E-state index is -4.14. The first-order valence-corrected chi connectivity index (χ1v) is 10.0. The molecule has 0 spiro atoms. The summed E-state index contributed by atoms with van der Waals surface area (Å²) in [6.45, 7) is 8.91. The van der Waals surface area contributed by atoms with E-state index in [1.807, 2.05) is 0 Å². The summed E-state index contributed by atoms with van der Waals surface area (Å²) in [6, 6.07) is 0. The van der Waals surface area contributed by atoms with Gasteiger partial charge in [-0.25, -0.2) is 0 Å². The van der Waals surface area contributed by atoms with Gasteiger partial charge in [0.2, 0.25) is 0 Å². The predicted octanol–water partition coefficient (Wildman–Crippen LogP) is 4.80. The van der Waals surface area contributed by atoms with Crippen molar-refractivity contribution in [2.75, 3.05) is 13.2 Å². The van der Waals surface area contributed by atoms with E-state index >= 15 is 0 Å². The smallest absolute Gasteiger partial charge is 2.00 e. The third kappa shape index (κ3) is 16.0. The molecule has 137 valence electrons. The van der Waals surface area contributed by atoms with Crippen LogP contribution in [-0.4, -0.2) is 13.2 Å². The van der Waals surface area contributed by atoms with E-state index < -0.39 is 7.82 Å². The predicted molar refractivity (Wildman–Crippen MR) is 86.8 cm³/mol. The molecule has 0 heterocycles. The zero-order valence-corrected chi connectivity index (χ0v) is 17.7. The van der Waals surface area contributed by atoms with E-state index in [2.05, 4.69) is 27.7 Å². The van der Waals surface area contributed by atoms with Crippen molar-refractivity contribution in [2.45, 2.75) is 79.1 Å². The molecular formula is C16H34O5PTi. The molecule has 0 saturated heterocycles. The Hall–Kier alpha value is 0.784. The van der Waals surface area contributed by atoms with Crippen LogP contribution in [0.3, 0.4) is 0 Å². The van der Waals surface area contributed by atoms with Crippen molar-refractivity contribution >= 4 is 7.82 Å². The summed E-state index contributed by atoms with van der Waals surface area (Å²) < 4.78 is 21.9. The standard InChI is InChI=1S/C16H35O4P.O.Ti/c1-5-9-11-15(7-3)13-19-21(17,18)20-14-16(8-4)12-10-6-2;;/h15-16H,5-14H2,1-4H3,(H,17,18);;/q;-2;+3/p-1. The summed E-state index contributed by atoms with van der Waals surface area (Å²) in [6.07, 6.45) is 8.38. The maximum atomic E-state index is 11.8. The molecule has 0 aromatic rings. The molecular weight excluding hydrogens is 351 g/mol. The van der Waals surface area contributed by atoms with Crippen LogP contribution >= 0.6 is 7.82 Å². The maximum Gasteiger partial charge on any atom is 3.00 e. The maximum absolute atomic E-state index is 11.8. The van der Waals surface area contributed by atoms with E-state index in [4.69, 9.17) is 9.05 Å². The number of hydrogen-bond acceptors (Lipinski definition) is 4. The van der Waals surface area contributed by atoms with Crippen LogP contribution in [0.25, 0.3) is 0 Å². The monoisotopic (exact) mass is 385 g/mol. The molecule has 0 aliphatic carbocycles. The minimum Gasteiger partial charge on any atom is -2.00 e. The second kappa shape index (κ2) is 17.6. The van der Waals surface area contributed by atoms with Crippen LogP contribution in [0.2, 0.25) is 0 Å². The Bertz CT molecular complexity index is 268. The molecule has 0 fully saturated rings. The van der Waals surface area contributed by atoms with Crippen LogP contribution < -0.4 is 4.89 Å². The van der Waals surface area contributed by atoms with E-state index in [9.17, 15) is 9.46 Å². The topological polar surface area (TPSA) is 87.1 Å². The van der Waals surface area contributed by atoms with Crippen molar-refractivity contribution in [1.29, 1.82) is 0 Å². The van der Waals surface area contributed by atoms with Crippen LogP contribution in [0, 0.1) is 11.8 Å². The number of unbranched alkanes of at least 4 members (excludes halogenated alkanes) is 2. The summed E-state index contributed by atoms with van der Waals surface area (Å²) in [5.74, 6) is 0.607. The van der Waals surface area contributed by atoms with Gasteiger partial charge in [-0.3, -0.25) is 4.57 Å². The van der Waals surface area contributed by atoms with Gasteiger partial charge in [0.1, 0.15) is 0 Å². The van der Waals surface area contributed by atoms with Gasteiger partial charge in [-0.2, -0.15) is 0 Å². The normalized spacial score (nSPS) is 15.9. The molecule has 0 aliphatic rings. The zero-order valence-electron chi connectivity index (χ0n) is 15.2. The SMILES string of the molecule is CCCCC(CC)COP(=O)([O-])OCC(CC)CCCC.[O-2].[Ti+3]. The molecule has 1 radical (unpaired) electrons. The average molecular weight is 385 g/mol. The Labute approximate surface area is 157 Å². The fourth-order valence-corrected chi connectivity index (χ4v) is 3.09. The fraction of sp³-hybridized carbons (Fsp3) is 1.00. The molecule has 0 N–H and O–H groups in total. The first kappa shape index (κ1) is 28.6. The Morgan fingerprint density at radius 1 is 0.870 bits per heavy atom. The van der Waals surface area contributed by atoms with Gasteiger partial charge in [-0.1, -0.05) is 66.2 Å². The second-order valence-electron chi connectivity index (χ2n) is 5.87. The molecule has 2 unspecified atom stereocenters. The summed E-state index contributed by atoms with van der Waals surface area (Å²) >= 11 is 0. The summed E-state index contributed by atoms with van der Waals surface area (Å²) in [5.41, 5.74) is 0. The van der Waals surface area contributed by atoms with Gasteiger partial charge in [0.05, 0.1) is 13.2 Å². The zero-order chi connectivity index (χ0) is 16.1. The second-order valence-corrected chi connectivity index (χ2v) is 7.28. The quantitative estimate of drug-likeness (QED) is 0.317. The first-order valence-electron chi connectivity index (χ1n) is 8.59. The van der Waals surface area contributed by atoms with Crippen molar-refractivity contribution in [3.05, 3.63) is 0 Å². The molecule has 7 heteroatoms. The third-order valence-electron chi connectivity index (χ3n) is 4.02. The largest absolute Gasteiger partial charge is 3.00 e. The van der Waals surface area contributed by atoms with E-state index in [0.717, 1.165) is 51.4 Å². The fourth-order valence-electron chi connectivity index (χ4n) is 2.23. The van der Waals surface area contributed by atoms with Crippen molar-refractivity contribution in [3.63, 3.8) is 0 Å². The third-order valence-corrected chi connectivity index (χ3v) is 4.95. The molecule has 5 nitrogen and oxygen atoms in total. The van der Waals surface area contributed by atoms with E-state index in [1.54, 1.807) is 0 Å². The molecule has 0 aromatic heterocycles. The molecule has 0 rings (SSSR count). The van der Waals surface area contributed by atoms with Gasteiger partial charge in [-0.05, 0) is 24.7 Å². The molecule has 0 aliphatic heterocycles. The van der Waals surface area contributed by atoms with Crippen molar-refractivity contribution in [1.82, 2.24) is 0 Å². The molecule has 2 atom stereocenters. The van der Waals surface area contributed by atoms with E-state index in [0.29, 0.717) is 11.8 Å². The Morgan fingerprint density at radius 3 is 1.48 bits per heavy atom. The van der Waals surface area contributed by atoms with Gasteiger partial charge in [0.25, 0.3) is 7.82 Å². The summed E-state index contributed by atoms with van der Waals surface area (Å²) in [4.78, 5) is 11.8. The van der Waals surface area contributed by atoms with E-state index in [-0.39, 0.29) is 40.4 Å².